The van der Waals surface area contributed by atoms with Crippen molar-refractivity contribution >= 4 is 32.6 Å². The SMILES string of the molecule is COc1ccc(OC)c2sc(N(Cc3cccnc3)C(=O)c3c(F)cccc3F)nc12. The van der Waals surface area contributed by atoms with Crippen molar-refractivity contribution < 1.29 is 23.0 Å². The highest BCUT2D eigenvalue weighted by Crippen LogP contribution is 2.40. The number of halogens is 2. The maximum Gasteiger partial charge on any atom is 0.266 e. The number of nitrogens with zero attached hydrogens (tertiary/aromatic N) is 3. The van der Waals surface area contributed by atoms with Crippen molar-refractivity contribution in [2.45, 2.75) is 6.54 Å². The van der Waals surface area contributed by atoms with Crippen LogP contribution in [0.4, 0.5) is 13.9 Å². The van der Waals surface area contributed by atoms with Crippen molar-refractivity contribution in [3.05, 3.63) is 77.6 Å². The van der Waals surface area contributed by atoms with Gasteiger partial charge in [0.25, 0.3) is 5.91 Å². The molecule has 2 aromatic carbocycles. The fraction of sp³-hybridized carbons (Fsp3) is 0.136. The van der Waals surface area contributed by atoms with Crippen LogP contribution in [0.25, 0.3) is 10.2 Å². The van der Waals surface area contributed by atoms with Crippen LogP contribution in [0.3, 0.4) is 0 Å². The van der Waals surface area contributed by atoms with Crippen molar-refractivity contribution in [3.8, 4) is 11.5 Å². The average Bonchev–Trinajstić information content (AvgIpc) is 3.22. The molecular weight excluding hydrogens is 424 g/mol. The van der Waals surface area contributed by atoms with E-state index in [9.17, 15) is 13.6 Å². The molecule has 0 aliphatic heterocycles. The number of hydrogen-bond donors (Lipinski definition) is 0. The number of fused-ring (bicyclic) bond motifs is 1. The highest BCUT2D eigenvalue weighted by Gasteiger charge is 2.28. The second-order valence-corrected chi connectivity index (χ2v) is 7.47. The van der Waals surface area contributed by atoms with Crippen LogP contribution in [0, 0.1) is 11.6 Å². The molecule has 9 heteroatoms. The standard InChI is InChI=1S/C22H17F2N3O3S/c1-29-16-8-9-17(30-2)20-19(16)26-22(31-20)27(12-13-5-4-10-25-11-13)21(28)18-14(23)6-3-7-15(18)24/h3-11H,12H2,1-2H3. The van der Waals surface area contributed by atoms with E-state index in [1.165, 1.54) is 25.2 Å². The highest BCUT2D eigenvalue weighted by atomic mass is 32.1. The summed E-state index contributed by atoms with van der Waals surface area (Å²) in [5.74, 6) is -1.71. The molecule has 158 valence electrons. The predicted octanol–water partition coefficient (Wildman–Crippen LogP) is 4.83. The van der Waals surface area contributed by atoms with Crippen LogP contribution in [0.2, 0.25) is 0 Å². The Morgan fingerprint density at radius 3 is 2.39 bits per heavy atom. The van der Waals surface area contributed by atoms with Gasteiger partial charge in [0, 0.05) is 12.4 Å². The van der Waals surface area contributed by atoms with Gasteiger partial charge in [-0.25, -0.2) is 13.8 Å². The number of amides is 1. The van der Waals surface area contributed by atoms with Crippen LogP contribution < -0.4 is 14.4 Å². The van der Waals surface area contributed by atoms with Crippen LogP contribution >= 0.6 is 11.3 Å². The van der Waals surface area contributed by atoms with Gasteiger partial charge in [0.05, 0.1) is 20.8 Å². The van der Waals surface area contributed by atoms with E-state index in [0.29, 0.717) is 27.3 Å². The summed E-state index contributed by atoms with van der Waals surface area (Å²) >= 11 is 1.16. The zero-order valence-electron chi connectivity index (χ0n) is 16.6. The molecule has 0 saturated heterocycles. The summed E-state index contributed by atoms with van der Waals surface area (Å²) in [6, 6.07) is 10.2. The van der Waals surface area contributed by atoms with Crippen LogP contribution in [0.5, 0.6) is 11.5 Å². The Kier molecular flexibility index (Phi) is 5.77. The lowest BCUT2D eigenvalue weighted by Gasteiger charge is -2.20. The van der Waals surface area contributed by atoms with E-state index in [1.807, 2.05) is 0 Å². The van der Waals surface area contributed by atoms with Gasteiger partial charge in [-0.05, 0) is 35.9 Å². The van der Waals surface area contributed by atoms with E-state index in [1.54, 1.807) is 36.7 Å². The Balaban J connectivity index is 1.88. The van der Waals surface area contributed by atoms with E-state index in [4.69, 9.17) is 9.47 Å². The topological polar surface area (TPSA) is 64.6 Å². The minimum atomic E-state index is -0.947. The largest absolute Gasteiger partial charge is 0.495 e. The summed E-state index contributed by atoms with van der Waals surface area (Å²) in [6.07, 6.45) is 3.17. The molecule has 0 radical (unpaired) electrons. The summed E-state index contributed by atoms with van der Waals surface area (Å²) in [5, 5.41) is 0.245. The molecule has 2 aromatic heterocycles. The van der Waals surface area contributed by atoms with E-state index >= 15 is 0 Å². The lowest BCUT2D eigenvalue weighted by molar-refractivity contribution is 0.0977. The summed E-state index contributed by atoms with van der Waals surface area (Å²) in [7, 11) is 3.03. The van der Waals surface area contributed by atoms with Gasteiger partial charge in [0.2, 0.25) is 0 Å². The van der Waals surface area contributed by atoms with Crippen molar-refractivity contribution in [1.29, 1.82) is 0 Å². The number of anilines is 1. The Labute approximate surface area is 180 Å². The second-order valence-electron chi connectivity index (χ2n) is 6.49. The number of methoxy groups -OCH3 is 2. The van der Waals surface area contributed by atoms with E-state index < -0.39 is 23.1 Å². The van der Waals surface area contributed by atoms with Crippen LogP contribution in [-0.4, -0.2) is 30.1 Å². The molecule has 0 fully saturated rings. The fourth-order valence-electron chi connectivity index (χ4n) is 3.13. The van der Waals surface area contributed by atoms with Crippen LogP contribution in [0.1, 0.15) is 15.9 Å². The molecule has 0 spiro atoms. The molecule has 0 atom stereocenters. The van der Waals surface area contributed by atoms with Gasteiger partial charge in [0.15, 0.2) is 5.13 Å². The fourth-order valence-corrected chi connectivity index (χ4v) is 4.20. The third kappa shape index (κ3) is 3.91. The molecule has 0 aliphatic rings. The molecule has 1 amide bonds. The predicted molar refractivity (Wildman–Crippen MR) is 114 cm³/mol. The lowest BCUT2D eigenvalue weighted by Crippen LogP contribution is -2.32. The van der Waals surface area contributed by atoms with Gasteiger partial charge in [-0.2, -0.15) is 0 Å². The molecule has 0 saturated carbocycles. The molecule has 0 bridgehead atoms. The number of thiazole rings is 1. The molecule has 0 aliphatic carbocycles. The first-order valence-electron chi connectivity index (χ1n) is 9.19. The smallest absolute Gasteiger partial charge is 0.266 e. The maximum atomic E-state index is 14.4. The summed E-state index contributed by atoms with van der Waals surface area (Å²) < 4.78 is 40.2. The summed E-state index contributed by atoms with van der Waals surface area (Å²) in [6.45, 7) is 0.0188. The summed E-state index contributed by atoms with van der Waals surface area (Å²) in [4.78, 5) is 23.1. The minimum Gasteiger partial charge on any atom is -0.495 e. The van der Waals surface area contributed by atoms with Gasteiger partial charge in [-0.3, -0.25) is 14.7 Å². The molecule has 31 heavy (non-hydrogen) atoms. The van der Waals surface area contributed by atoms with Gasteiger partial charge < -0.3 is 9.47 Å². The Morgan fingerprint density at radius 2 is 1.74 bits per heavy atom. The normalized spacial score (nSPS) is 10.8. The molecule has 0 N–H and O–H groups in total. The Hall–Kier alpha value is -3.59. The number of pyridine rings is 1. The van der Waals surface area contributed by atoms with Crippen molar-refractivity contribution in [2.24, 2.45) is 0 Å². The number of carbonyl (C=O) groups is 1. The van der Waals surface area contributed by atoms with Gasteiger partial charge in [-0.1, -0.05) is 23.5 Å². The first kappa shape index (κ1) is 20.7. The number of rotatable bonds is 6. The van der Waals surface area contributed by atoms with E-state index in [0.717, 1.165) is 23.5 Å². The lowest BCUT2D eigenvalue weighted by atomic mass is 10.1. The number of hydrogen-bond acceptors (Lipinski definition) is 6. The molecular formula is C22H17F2N3O3S. The zero-order chi connectivity index (χ0) is 22.0. The van der Waals surface area contributed by atoms with Crippen LogP contribution in [0.15, 0.2) is 54.9 Å². The van der Waals surface area contributed by atoms with E-state index in [-0.39, 0.29) is 11.7 Å². The zero-order valence-corrected chi connectivity index (χ0v) is 17.5. The van der Waals surface area contributed by atoms with Crippen molar-refractivity contribution in [2.75, 3.05) is 19.1 Å². The maximum absolute atomic E-state index is 14.4. The molecule has 4 rings (SSSR count). The highest BCUT2D eigenvalue weighted by molar-refractivity contribution is 7.22. The number of carbonyl (C=O) groups excluding carboxylic acids is 1. The second kappa shape index (κ2) is 8.65. The first-order valence-corrected chi connectivity index (χ1v) is 10.0. The van der Waals surface area contributed by atoms with Gasteiger partial charge in [-0.15, -0.1) is 0 Å². The number of ether oxygens (including phenoxy) is 2. The minimum absolute atomic E-state index is 0.0188. The molecule has 6 nitrogen and oxygen atoms in total. The monoisotopic (exact) mass is 441 g/mol. The first-order chi connectivity index (χ1) is 15.0. The van der Waals surface area contributed by atoms with Crippen LogP contribution in [-0.2, 0) is 6.54 Å². The van der Waals surface area contributed by atoms with E-state index in [2.05, 4.69) is 9.97 Å². The average molecular weight is 441 g/mol. The van der Waals surface area contributed by atoms with Crippen molar-refractivity contribution in [3.63, 3.8) is 0 Å². The van der Waals surface area contributed by atoms with Gasteiger partial charge >= 0.3 is 0 Å². The molecule has 2 heterocycles. The van der Waals surface area contributed by atoms with Gasteiger partial charge in [0.1, 0.15) is 38.9 Å². The van der Waals surface area contributed by atoms with Crippen molar-refractivity contribution in [1.82, 2.24) is 9.97 Å². The third-order valence-electron chi connectivity index (χ3n) is 4.62. The molecule has 0 unspecified atom stereocenters. The number of aromatic nitrogens is 2. The number of benzene rings is 2. The third-order valence-corrected chi connectivity index (χ3v) is 5.71. The Morgan fingerprint density at radius 1 is 1.03 bits per heavy atom. The summed E-state index contributed by atoms with van der Waals surface area (Å²) in [5.41, 5.74) is 0.509. The Bertz CT molecular complexity index is 1190. The molecule has 4 aromatic rings. The quantitative estimate of drug-likeness (QED) is 0.429.